The number of hydrogen-bond donors (Lipinski definition) is 1. The monoisotopic (exact) mass is 244 g/mol. The molecule has 96 valence electrons. The minimum Gasteiger partial charge on any atom is -0.389 e. The van der Waals surface area contributed by atoms with E-state index in [1.807, 2.05) is 19.2 Å². The lowest BCUT2D eigenvalue weighted by molar-refractivity contribution is 0.199. The van der Waals surface area contributed by atoms with Crippen molar-refractivity contribution in [3.63, 3.8) is 0 Å². The van der Waals surface area contributed by atoms with Gasteiger partial charge in [-0.15, -0.1) is 0 Å². The Morgan fingerprint density at radius 1 is 1.39 bits per heavy atom. The van der Waals surface area contributed by atoms with Crippen molar-refractivity contribution in [2.75, 3.05) is 11.9 Å². The van der Waals surface area contributed by atoms with Gasteiger partial charge in [-0.25, -0.2) is 0 Å². The first kappa shape index (κ1) is 12.9. The molecule has 0 heterocycles. The van der Waals surface area contributed by atoms with Crippen LogP contribution in [0.5, 0.6) is 0 Å². The Hall–Kier alpha value is -1.53. The predicted molar refractivity (Wildman–Crippen MR) is 72.4 cm³/mol. The third kappa shape index (κ3) is 2.49. The highest BCUT2D eigenvalue weighted by atomic mass is 16.3. The SMILES string of the molecule is CC(C1CC1)N(C)c1cc(C#N)ccc1[C@@H](C)O. The highest BCUT2D eigenvalue weighted by molar-refractivity contribution is 5.58. The normalized spacial score (nSPS) is 17.9. The van der Waals surface area contributed by atoms with Gasteiger partial charge < -0.3 is 10.0 Å². The summed E-state index contributed by atoms with van der Waals surface area (Å²) in [4.78, 5) is 2.19. The van der Waals surface area contributed by atoms with E-state index in [9.17, 15) is 5.11 Å². The lowest BCUT2D eigenvalue weighted by Crippen LogP contribution is -2.31. The molecule has 1 aromatic carbocycles. The van der Waals surface area contributed by atoms with Crippen molar-refractivity contribution >= 4 is 5.69 Å². The van der Waals surface area contributed by atoms with Crippen LogP contribution in [0.2, 0.25) is 0 Å². The van der Waals surface area contributed by atoms with Gasteiger partial charge in [0.1, 0.15) is 0 Å². The number of aliphatic hydroxyl groups is 1. The van der Waals surface area contributed by atoms with Crippen LogP contribution in [0.1, 0.15) is 43.9 Å². The number of nitriles is 1. The van der Waals surface area contributed by atoms with Crippen LogP contribution in [0.4, 0.5) is 5.69 Å². The van der Waals surface area contributed by atoms with Crippen LogP contribution >= 0.6 is 0 Å². The van der Waals surface area contributed by atoms with Crippen LogP contribution in [0.3, 0.4) is 0 Å². The highest BCUT2D eigenvalue weighted by Crippen LogP contribution is 2.38. The number of rotatable bonds is 4. The van der Waals surface area contributed by atoms with E-state index in [0.29, 0.717) is 11.6 Å². The van der Waals surface area contributed by atoms with E-state index in [2.05, 4.69) is 17.9 Å². The van der Waals surface area contributed by atoms with Gasteiger partial charge in [0.25, 0.3) is 0 Å². The van der Waals surface area contributed by atoms with Crippen LogP contribution < -0.4 is 4.90 Å². The topological polar surface area (TPSA) is 47.3 Å². The fourth-order valence-corrected chi connectivity index (χ4v) is 2.39. The van der Waals surface area contributed by atoms with Crippen LogP contribution in [-0.4, -0.2) is 18.2 Å². The predicted octanol–water partition coefficient (Wildman–Crippen LogP) is 2.85. The molecule has 3 heteroatoms. The third-order valence-electron chi connectivity index (χ3n) is 3.90. The molecule has 1 unspecified atom stereocenters. The van der Waals surface area contributed by atoms with Crippen molar-refractivity contribution in [1.29, 1.82) is 5.26 Å². The Balaban J connectivity index is 2.36. The first-order chi connectivity index (χ1) is 8.54. The molecule has 0 saturated heterocycles. The van der Waals surface area contributed by atoms with Crippen LogP contribution in [0, 0.1) is 17.2 Å². The maximum absolute atomic E-state index is 9.84. The summed E-state index contributed by atoms with van der Waals surface area (Å²) in [7, 11) is 2.05. The fraction of sp³-hybridized carbons (Fsp3) is 0.533. The lowest BCUT2D eigenvalue weighted by atomic mass is 10.0. The molecule has 18 heavy (non-hydrogen) atoms. The second kappa shape index (κ2) is 4.99. The van der Waals surface area contributed by atoms with Crippen molar-refractivity contribution in [3.05, 3.63) is 29.3 Å². The van der Waals surface area contributed by atoms with E-state index in [0.717, 1.165) is 17.2 Å². The van der Waals surface area contributed by atoms with Gasteiger partial charge in [-0.05, 0) is 44.7 Å². The average Bonchev–Trinajstić information content (AvgIpc) is 3.20. The molecule has 2 rings (SSSR count). The number of benzene rings is 1. The maximum Gasteiger partial charge on any atom is 0.0992 e. The van der Waals surface area contributed by atoms with Crippen molar-refractivity contribution in [2.45, 2.75) is 38.8 Å². The van der Waals surface area contributed by atoms with Crippen LogP contribution in [0.25, 0.3) is 0 Å². The molecule has 0 bridgehead atoms. The molecule has 0 aliphatic heterocycles. The van der Waals surface area contributed by atoms with Gasteiger partial charge >= 0.3 is 0 Å². The molecule has 1 N–H and O–H groups in total. The Kier molecular flexibility index (Phi) is 3.58. The van der Waals surface area contributed by atoms with Crippen LogP contribution in [-0.2, 0) is 0 Å². The van der Waals surface area contributed by atoms with E-state index in [4.69, 9.17) is 5.26 Å². The smallest absolute Gasteiger partial charge is 0.0992 e. The van der Waals surface area contributed by atoms with E-state index in [-0.39, 0.29) is 0 Å². The summed E-state index contributed by atoms with van der Waals surface area (Å²) in [5, 5.41) is 18.8. The molecule has 0 amide bonds. The first-order valence-corrected chi connectivity index (χ1v) is 6.49. The van der Waals surface area contributed by atoms with Crippen molar-refractivity contribution < 1.29 is 5.11 Å². The van der Waals surface area contributed by atoms with Gasteiger partial charge in [-0.2, -0.15) is 5.26 Å². The first-order valence-electron chi connectivity index (χ1n) is 6.49. The summed E-state index contributed by atoms with van der Waals surface area (Å²) in [6, 6.07) is 8.12. The van der Waals surface area contributed by atoms with Crippen molar-refractivity contribution in [1.82, 2.24) is 0 Å². The number of aliphatic hydroxyl groups excluding tert-OH is 1. The molecule has 1 aromatic rings. The average molecular weight is 244 g/mol. The standard InChI is InChI=1S/C15H20N2O/c1-10(13-5-6-13)17(3)15-8-12(9-16)4-7-14(15)11(2)18/h4,7-8,10-11,13,18H,5-6H2,1-3H3/t10?,11-/m1/s1. The molecule has 2 atom stereocenters. The molecule has 1 aliphatic rings. The summed E-state index contributed by atoms with van der Waals surface area (Å²) >= 11 is 0. The zero-order valence-corrected chi connectivity index (χ0v) is 11.2. The van der Waals surface area contributed by atoms with Gasteiger partial charge in [-0.3, -0.25) is 0 Å². The molecule has 1 fully saturated rings. The lowest BCUT2D eigenvalue weighted by Gasteiger charge is -2.30. The third-order valence-corrected chi connectivity index (χ3v) is 3.90. The Morgan fingerprint density at radius 2 is 2.06 bits per heavy atom. The van der Waals surface area contributed by atoms with Crippen molar-refractivity contribution in [3.8, 4) is 6.07 Å². The van der Waals surface area contributed by atoms with E-state index >= 15 is 0 Å². The highest BCUT2D eigenvalue weighted by Gasteiger charge is 2.31. The molecule has 3 nitrogen and oxygen atoms in total. The molecule has 0 radical (unpaired) electrons. The van der Waals surface area contributed by atoms with E-state index in [1.54, 1.807) is 13.0 Å². The van der Waals surface area contributed by atoms with Gasteiger partial charge in [0.15, 0.2) is 0 Å². The maximum atomic E-state index is 9.84. The zero-order valence-electron chi connectivity index (χ0n) is 11.2. The second-order valence-electron chi connectivity index (χ2n) is 5.25. The van der Waals surface area contributed by atoms with E-state index < -0.39 is 6.10 Å². The molecular formula is C15H20N2O. The van der Waals surface area contributed by atoms with Gasteiger partial charge in [0.05, 0.1) is 17.7 Å². The molecular weight excluding hydrogens is 224 g/mol. The molecule has 1 aliphatic carbocycles. The Labute approximate surface area is 109 Å². The summed E-state index contributed by atoms with van der Waals surface area (Å²) in [6.45, 7) is 3.98. The number of nitrogens with zero attached hydrogens (tertiary/aromatic N) is 2. The van der Waals surface area contributed by atoms with Gasteiger partial charge in [-0.1, -0.05) is 6.07 Å². The number of hydrogen-bond acceptors (Lipinski definition) is 3. The Morgan fingerprint density at radius 3 is 2.56 bits per heavy atom. The summed E-state index contributed by atoms with van der Waals surface area (Å²) < 4.78 is 0. The van der Waals surface area contributed by atoms with Crippen LogP contribution in [0.15, 0.2) is 18.2 Å². The quantitative estimate of drug-likeness (QED) is 0.886. The van der Waals surface area contributed by atoms with Crippen molar-refractivity contribution in [2.24, 2.45) is 5.92 Å². The van der Waals surface area contributed by atoms with Gasteiger partial charge in [0.2, 0.25) is 0 Å². The molecule has 1 saturated carbocycles. The largest absolute Gasteiger partial charge is 0.389 e. The summed E-state index contributed by atoms with van der Waals surface area (Å²) in [5.41, 5.74) is 2.51. The summed E-state index contributed by atoms with van der Waals surface area (Å²) in [5.74, 6) is 0.752. The fourth-order valence-electron chi connectivity index (χ4n) is 2.39. The minimum absolute atomic E-state index is 0.455. The Bertz CT molecular complexity index is 472. The number of anilines is 1. The minimum atomic E-state index is -0.512. The van der Waals surface area contributed by atoms with E-state index in [1.165, 1.54) is 12.8 Å². The summed E-state index contributed by atoms with van der Waals surface area (Å²) in [6.07, 6.45) is 2.06. The van der Waals surface area contributed by atoms with Gasteiger partial charge in [0, 0.05) is 24.3 Å². The zero-order chi connectivity index (χ0) is 13.3. The second-order valence-corrected chi connectivity index (χ2v) is 5.25. The molecule has 0 spiro atoms. The molecule has 0 aromatic heterocycles.